The molecule has 0 unspecified atom stereocenters. The van der Waals surface area contributed by atoms with Crippen molar-refractivity contribution in [2.24, 2.45) is 5.92 Å². The molecule has 0 saturated carbocycles. The molecule has 1 heterocycles. The Bertz CT molecular complexity index is 722. The topological polar surface area (TPSA) is 155 Å². The van der Waals surface area contributed by atoms with E-state index in [9.17, 15) is 20.1 Å². The molecular weight excluding hydrogens is 400 g/mol. The highest BCUT2D eigenvalue weighted by Crippen LogP contribution is 2.32. The number of aliphatic hydroxyl groups is 5. The zero-order valence-corrected chi connectivity index (χ0v) is 16.7. The second-order valence-corrected chi connectivity index (χ2v) is 6.84. The first kappa shape index (κ1) is 24.1. The fourth-order valence-electron chi connectivity index (χ4n) is 2.73. The highest BCUT2D eigenvalue weighted by Gasteiger charge is 2.45. The standard InChI is InChI=1S/C20H28O10/c1-11(9-22)19(26)28-10-15-16(23)17(24)18(25)20(30-15)29-13-6-5-12(4-3-7-21)8-14(13)27-2/h3-6,8,11,15-18,20-25H,7,9-10H2,1-2H3/b4-3-/t11-,15+,16+,17-,18+,20+/m0/s1. The molecule has 1 aliphatic rings. The van der Waals surface area contributed by atoms with E-state index in [1.54, 1.807) is 30.4 Å². The Labute approximate surface area is 173 Å². The molecule has 2 rings (SSSR count). The van der Waals surface area contributed by atoms with Crippen LogP contribution in [0.25, 0.3) is 6.08 Å². The van der Waals surface area contributed by atoms with Crippen LogP contribution < -0.4 is 9.47 Å². The molecule has 0 spiro atoms. The van der Waals surface area contributed by atoms with Gasteiger partial charge in [0.25, 0.3) is 0 Å². The average molecular weight is 428 g/mol. The Morgan fingerprint density at radius 1 is 1.17 bits per heavy atom. The van der Waals surface area contributed by atoms with Gasteiger partial charge in [0.15, 0.2) is 11.5 Å². The number of methoxy groups -OCH3 is 1. The van der Waals surface area contributed by atoms with E-state index in [2.05, 4.69) is 0 Å². The summed E-state index contributed by atoms with van der Waals surface area (Å²) in [6, 6.07) is 4.87. The van der Waals surface area contributed by atoms with Crippen molar-refractivity contribution in [1.82, 2.24) is 0 Å². The second kappa shape index (κ2) is 11.3. The van der Waals surface area contributed by atoms with Crippen molar-refractivity contribution in [2.75, 3.05) is 26.9 Å². The molecule has 1 aromatic rings. The summed E-state index contributed by atoms with van der Waals surface area (Å²) in [4.78, 5) is 11.7. The molecule has 10 heteroatoms. The third kappa shape index (κ3) is 5.91. The van der Waals surface area contributed by atoms with Gasteiger partial charge >= 0.3 is 5.97 Å². The first-order chi connectivity index (χ1) is 14.3. The Hall–Kier alpha value is -2.21. The van der Waals surface area contributed by atoms with Gasteiger partial charge in [-0.3, -0.25) is 4.79 Å². The van der Waals surface area contributed by atoms with E-state index in [0.717, 1.165) is 5.56 Å². The van der Waals surface area contributed by atoms with Gasteiger partial charge in [0.1, 0.15) is 31.0 Å². The summed E-state index contributed by atoms with van der Waals surface area (Å²) in [6.45, 7) is 0.544. The number of ether oxygens (including phenoxy) is 4. The molecule has 1 fully saturated rings. The lowest BCUT2D eigenvalue weighted by molar-refractivity contribution is -0.279. The third-order valence-electron chi connectivity index (χ3n) is 4.58. The minimum Gasteiger partial charge on any atom is -0.493 e. The molecule has 1 aromatic carbocycles. The minimum atomic E-state index is -1.61. The van der Waals surface area contributed by atoms with E-state index in [4.69, 9.17) is 29.2 Å². The smallest absolute Gasteiger partial charge is 0.311 e. The van der Waals surface area contributed by atoms with Gasteiger partial charge in [0.2, 0.25) is 6.29 Å². The van der Waals surface area contributed by atoms with Crippen molar-refractivity contribution < 1.29 is 49.3 Å². The summed E-state index contributed by atoms with van der Waals surface area (Å²) in [5.74, 6) is -0.933. The van der Waals surface area contributed by atoms with Crippen LogP contribution >= 0.6 is 0 Å². The quantitative estimate of drug-likeness (QED) is 0.311. The number of carbonyl (C=O) groups is 1. The van der Waals surface area contributed by atoms with Gasteiger partial charge in [-0.25, -0.2) is 0 Å². The maximum atomic E-state index is 11.7. The molecule has 0 aromatic heterocycles. The van der Waals surface area contributed by atoms with Crippen molar-refractivity contribution in [3.05, 3.63) is 29.8 Å². The third-order valence-corrected chi connectivity index (χ3v) is 4.58. The fourth-order valence-corrected chi connectivity index (χ4v) is 2.73. The van der Waals surface area contributed by atoms with Gasteiger partial charge in [-0.15, -0.1) is 0 Å². The van der Waals surface area contributed by atoms with E-state index in [1.165, 1.54) is 14.0 Å². The van der Waals surface area contributed by atoms with Crippen LogP contribution in [-0.2, 0) is 14.3 Å². The normalized spacial score (nSPS) is 27.6. The largest absolute Gasteiger partial charge is 0.493 e. The maximum absolute atomic E-state index is 11.7. The van der Waals surface area contributed by atoms with Gasteiger partial charge in [0.05, 0.1) is 26.2 Å². The molecule has 0 amide bonds. The summed E-state index contributed by atoms with van der Waals surface area (Å²) in [5.41, 5.74) is 0.733. The number of rotatable bonds is 9. The molecule has 1 saturated heterocycles. The van der Waals surface area contributed by atoms with E-state index >= 15 is 0 Å². The first-order valence-corrected chi connectivity index (χ1v) is 9.41. The molecule has 0 aliphatic carbocycles. The minimum absolute atomic E-state index is 0.119. The number of hydrogen-bond donors (Lipinski definition) is 5. The second-order valence-electron chi connectivity index (χ2n) is 6.84. The Balaban J connectivity index is 2.12. The maximum Gasteiger partial charge on any atom is 0.311 e. The molecule has 5 N–H and O–H groups in total. The number of esters is 1. The average Bonchev–Trinajstić information content (AvgIpc) is 2.76. The number of aliphatic hydroxyl groups excluding tert-OH is 5. The van der Waals surface area contributed by atoms with Gasteiger partial charge in [0, 0.05) is 0 Å². The van der Waals surface area contributed by atoms with Crippen LogP contribution in [0.5, 0.6) is 11.5 Å². The van der Waals surface area contributed by atoms with Gasteiger partial charge in [-0.05, 0) is 24.6 Å². The van der Waals surface area contributed by atoms with E-state index < -0.39 is 55.8 Å². The van der Waals surface area contributed by atoms with Crippen molar-refractivity contribution >= 4 is 12.0 Å². The summed E-state index contributed by atoms with van der Waals surface area (Å²) in [7, 11) is 1.42. The Kier molecular flexibility index (Phi) is 9.03. The Morgan fingerprint density at radius 2 is 1.90 bits per heavy atom. The molecule has 6 atom stereocenters. The highest BCUT2D eigenvalue weighted by atomic mass is 16.7. The van der Waals surface area contributed by atoms with Crippen LogP contribution in [0.1, 0.15) is 12.5 Å². The monoisotopic (exact) mass is 428 g/mol. The lowest BCUT2D eigenvalue weighted by Crippen LogP contribution is -2.60. The predicted octanol–water partition coefficient (Wildman–Crippen LogP) is -0.941. The number of benzene rings is 1. The van der Waals surface area contributed by atoms with Crippen molar-refractivity contribution in [1.29, 1.82) is 0 Å². The fraction of sp³-hybridized carbons (Fsp3) is 0.550. The Morgan fingerprint density at radius 3 is 2.53 bits per heavy atom. The van der Waals surface area contributed by atoms with E-state index in [1.807, 2.05) is 0 Å². The van der Waals surface area contributed by atoms with Gasteiger partial charge in [-0.1, -0.05) is 18.2 Å². The lowest BCUT2D eigenvalue weighted by atomic mass is 9.99. The van der Waals surface area contributed by atoms with Crippen LogP contribution in [0.4, 0.5) is 0 Å². The van der Waals surface area contributed by atoms with Crippen LogP contribution in [0, 0.1) is 5.92 Å². The zero-order chi connectivity index (χ0) is 22.3. The molecular formula is C20H28O10. The number of hydrogen-bond acceptors (Lipinski definition) is 10. The van der Waals surface area contributed by atoms with E-state index in [-0.39, 0.29) is 12.4 Å². The van der Waals surface area contributed by atoms with Gasteiger partial charge < -0.3 is 44.5 Å². The summed E-state index contributed by atoms with van der Waals surface area (Å²) < 4.78 is 21.4. The first-order valence-electron chi connectivity index (χ1n) is 9.41. The van der Waals surface area contributed by atoms with Crippen LogP contribution in [-0.4, -0.2) is 89.1 Å². The zero-order valence-electron chi connectivity index (χ0n) is 16.7. The van der Waals surface area contributed by atoms with Crippen LogP contribution in [0.2, 0.25) is 0 Å². The summed E-state index contributed by atoms with van der Waals surface area (Å²) in [5, 5.41) is 48.4. The molecule has 0 radical (unpaired) electrons. The molecule has 168 valence electrons. The van der Waals surface area contributed by atoms with Crippen LogP contribution in [0.3, 0.4) is 0 Å². The summed E-state index contributed by atoms with van der Waals surface area (Å²) in [6.07, 6.45) is -4.04. The SMILES string of the molecule is COc1cc(/C=C\CO)ccc1O[C@@H]1O[C@H](COC(=O)[C@@H](C)CO)[C@@H](O)[C@H](O)[C@H]1O. The molecule has 10 nitrogen and oxygen atoms in total. The van der Waals surface area contributed by atoms with Crippen molar-refractivity contribution in [3.63, 3.8) is 0 Å². The lowest BCUT2D eigenvalue weighted by Gasteiger charge is -2.40. The van der Waals surface area contributed by atoms with E-state index in [0.29, 0.717) is 5.75 Å². The van der Waals surface area contributed by atoms with Crippen molar-refractivity contribution in [2.45, 2.75) is 37.6 Å². The predicted molar refractivity (Wildman–Crippen MR) is 104 cm³/mol. The van der Waals surface area contributed by atoms with Crippen molar-refractivity contribution in [3.8, 4) is 11.5 Å². The number of carbonyl (C=O) groups excluding carboxylic acids is 1. The summed E-state index contributed by atoms with van der Waals surface area (Å²) >= 11 is 0. The molecule has 1 aliphatic heterocycles. The molecule has 30 heavy (non-hydrogen) atoms. The van der Waals surface area contributed by atoms with Gasteiger partial charge in [-0.2, -0.15) is 0 Å². The van der Waals surface area contributed by atoms with Crippen LogP contribution in [0.15, 0.2) is 24.3 Å². The molecule has 0 bridgehead atoms. The highest BCUT2D eigenvalue weighted by molar-refractivity contribution is 5.72.